The summed E-state index contributed by atoms with van der Waals surface area (Å²) in [6.45, 7) is 4.75. The number of amides is 1. The molecule has 1 saturated heterocycles. The van der Waals surface area contributed by atoms with Crippen molar-refractivity contribution in [1.82, 2.24) is 18.9 Å². The average Bonchev–Trinajstić information content (AvgIpc) is 3.40. The molecule has 1 N–H and O–H groups in total. The van der Waals surface area contributed by atoms with Gasteiger partial charge >= 0.3 is 0 Å². The molecule has 0 radical (unpaired) electrons. The first-order chi connectivity index (χ1) is 15.2. The van der Waals surface area contributed by atoms with Gasteiger partial charge in [0.1, 0.15) is 5.69 Å². The van der Waals surface area contributed by atoms with Gasteiger partial charge in [-0.15, -0.1) is 11.3 Å². The van der Waals surface area contributed by atoms with Crippen LogP contribution in [0.2, 0.25) is 0 Å². The van der Waals surface area contributed by atoms with Gasteiger partial charge in [-0.05, 0) is 53.6 Å². The zero-order valence-electron chi connectivity index (χ0n) is 18.1. The SMILES string of the molecule is CPN1C(=O)c2c(sc(-c3nc(NC4CCN(S(C)(=O)=O)CC4)ncc3F)c2C)C12CC2. The molecule has 172 valence electrons. The Morgan fingerprint density at radius 2 is 2.00 bits per heavy atom. The maximum absolute atomic E-state index is 14.8. The number of nitrogens with zero attached hydrogens (tertiary/aromatic N) is 4. The van der Waals surface area contributed by atoms with Crippen molar-refractivity contribution in [3.63, 3.8) is 0 Å². The van der Waals surface area contributed by atoms with Crippen molar-refractivity contribution in [2.45, 2.75) is 44.2 Å². The fourth-order valence-corrected chi connectivity index (χ4v) is 8.29. The lowest BCUT2D eigenvalue weighted by Crippen LogP contribution is -2.42. The smallest absolute Gasteiger partial charge is 0.259 e. The van der Waals surface area contributed by atoms with Crippen LogP contribution >= 0.6 is 20.1 Å². The van der Waals surface area contributed by atoms with Crippen LogP contribution in [0.15, 0.2) is 6.20 Å². The van der Waals surface area contributed by atoms with Gasteiger partial charge in [-0.25, -0.2) is 27.1 Å². The van der Waals surface area contributed by atoms with Crippen LogP contribution in [0.5, 0.6) is 0 Å². The van der Waals surface area contributed by atoms with Gasteiger partial charge < -0.3 is 9.99 Å². The second kappa shape index (κ2) is 7.68. The molecule has 0 bridgehead atoms. The molecule has 1 unspecified atom stereocenters. The van der Waals surface area contributed by atoms with E-state index in [2.05, 4.69) is 15.3 Å². The molecule has 1 spiro atoms. The van der Waals surface area contributed by atoms with Crippen LogP contribution in [-0.2, 0) is 15.6 Å². The minimum atomic E-state index is -3.19. The minimum absolute atomic E-state index is 0.0103. The zero-order chi connectivity index (χ0) is 22.8. The molecule has 1 amide bonds. The molecule has 32 heavy (non-hydrogen) atoms. The summed E-state index contributed by atoms with van der Waals surface area (Å²) in [5, 5.41) is 3.23. The average molecular weight is 498 g/mol. The molecule has 3 aliphatic rings. The number of anilines is 1. The standard InChI is InChI=1S/C20H25FN5O3PS2/c1-11-14-17(20(6-7-20)26(30-2)18(14)27)31-16(11)15-13(21)10-22-19(24-15)23-12-4-8-25(9-5-12)32(3,28)29/h10,12,30H,4-9H2,1-3H3,(H,22,23,24). The maximum atomic E-state index is 14.8. The number of sulfonamides is 1. The summed E-state index contributed by atoms with van der Waals surface area (Å²) < 4.78 is 41.6. The molecule has 1 atom stereocenters. The number of piperidine rings is 1. The summed E-state index contributed by atoms with van der Waals surface area (Å²) in [5.41, 5.74) is 1.53. The summed E-state index contributed by atoms with van der Waals surface area (Å²) in [4.78, 5) is 23.3. The van der Waals surface area contributed by atoms with E-state index < -0.39 is 15.8 Å². The lowest BCUT2D eigenvalue weighted by atomic mass is 10.1. The third kappa shape index (κ3) is 3.45. The highest BCUT2D eigenvalue weighted by Gasteiger charge is 2.59. The molecule has 5 rings (SSSR count). The van der Waals surface area contributed by atoms with Crippen LogP contribution < -0.4 is 5.32 Å². The maximum Gasteiger partial charge on any atom is 0.259 e. The Morgan fingerprint density at radius 3 is 2.59 bits per heavy atom. The molecule has 1 aliphatic carbocycles. The van der Waals surface area contributed by atoms with E-state index >= 15 is 0 Å². The summed E-state index contributed by atoms with van der Waals surface area (Å²) >= 11 is 1.48. The molecule has 2 fully saturated rings. The second-order valence-corrected chi connectivity index (χ2v) is 12.5. The Hall–Kier alpha value is -1.68. The number of hydrogen-bond acceptors (Lipinski definition) is 7. The third-order valence-corrected chi connectivity index (χ3v) is 10.5. The number of nitrogens with one attached hydrogen (secondary N) is 1. The first-order valence-corrected chi connectivity index (χ1v) is 14.7. The van der Waals surface area contributed by atoms with Gasteiger partial charge in [-0.2, -0.15) is 0 Å². The fraction of sp³-hybridized carbons (Fsp3) is 0.550. The monoisotopic (exact) mass is 497 g/mol. The second-order valence-electron chi connectivity index (χ2n) is 8.63. The van der Waals surface area contributed by atoms with E-state index in [0.717, 1.165) is 35.0 Å². The lowest BCUT2D eigenvalue weighted by molar-refractivity contribution is 0.0851. The number of halogens is 1. The van der Waals surface area contributed by atoms with E-state index in [1.165, 1.54) is 21.9 Å². The Balaban J connectivity index is 1.41. The quantitative estimate of drug-likeness (QED) is 0.638. The molecule has 2 aromatic heterocycles. The number of hydrogen-bond donors (Lipinski definition) is 1. The Bertz CT molecular complexity index is 1210. The van der Waals surface area contributed by atoms with Crippen molar-refractivity contribution in [3.05, 3.63) is 28.0 Å². The van der Waals surface area contributed by atoms with Gasteiger partial charge in [0.15, 0.2) is 5.82 Å². The highest BCUT2D eigenvalue weighted by atomic mass is 32.2. The Labute approximate surface area is 192 Å². The van der Waals surface area contributed by atoms with E-state index in [-0.39, 0.29) is 23.2 Å². The van der Waals surface area contributed by atoms with Crippen molar-refractivity contribution in [2.75, 3.05) is 31.3 Å². The van der Waals surface area contributed by atoms with E-state index in [9.17, 15) is 17.6 Å². The first-order valence-electron chi connectivity index (χ1n) is 10.6. The summed E-state index contributed by atoms with van der Waals surface area (Å²) in [7, 11) is -2.78. The van der Waals surface area contributed by atoms with E-state index in [1.807, 2.05) is 18.3 Å². The van der Waals surface area contributed by atoms with Crippen LogP contribution in [-0.4, -0.2) is 65.3 Å². The molecular weight excluding hydrogens is 472 g/mol. The largest absolute Gasteiger partial charge is 0.351 e. The zero-order valence-corrected chi connectivity index (χ0v) is 20.7. The van der Waals surface area contributed by atoms with Crippen molar-refractivity contribution in [1.29, 1.82) is 0 Å². The molecule has 12 heteroatoms. The predicted molar refractivity (Wildman–Crippen MR) is 124 cm³/mol. The molecule has 2 aromatic rings. The number of fused-ring (bicyclic) bond motifs is 2. The molecule has 1 saturated carbocycles. The van der Waals surface area contributed by atoms with Crippen LogP contribution in [0, 0.1) is 12.7 Å². The van der Waals surface area contributed by atoms with E-state index in [1.54, 1.807) is 0 Å². The summed E-state index contributed by atoms with van der Waals surface area (Å²) in [6.07, 6.45) is 5.54. The van der Waals surface area contributed by atoms with Gasteiger partial charge in [-0.3, -0.25) is 4.79 Å². The summed E-state index contributed by atoms with van der Waals surface area (Å²) in [6, 6.07) is 0.0103. The van der Waals surface area contributed by atoms with Crippen molar-refractivity contribution < 1.29 is 17.6 Å². The van der Waals surface area contributed by atoms with E-state index in [4.69, 9.17) is 0 Å². The normalized spacial score (nSPS) is 21.1. The number of carbonyl (C=O) groups is 1. The van der Waals surface area contributed by atoms with E-state index in [0.29, 0.717) is 45.5 Å². The Kier molecular flexibility index (Phi) is 5.31. The molecule has 0 aromatic carbocycles. The van der Waals surface area contributed by atoms with Gasteiger partial charge in [-0.1, -0.05) is 0 Å². The van der Waals surface area contributed by atoms with Crippen LogP contribution in [0.25, 0.3) is 10.6 Å². The molecule has 2 aliphatic heterocycles. The highest BCUT2D eigenvalue weighted by Crippen LogP contribution is 2.63. The van der Waals surface area contributed by atoms with Gasteiger partial charge in [0.2, 0.25) is 16.0 Å². The third-order valence-electron chi connectivity index (χ3n) is 6.58. The topological polar surface area (TPSA) is 95.5 Å². The van der Waals surface area contributed by atoms with Crippen molar-refractivity contribution in [2.24, 2.45) is 0 Å². The van der Waals surface area contributed by atoms with Gasteiger partial charge in [0.05, 0.1) is 28.4 Å². The molecular formula is C20H25FN5O3PS2. The van der Waals surface area contributed by atoms with Crippen LogP contribution in [0.1, 0.15) is 46.5 Å². The fourth-order valence-electron chi connectivity index (χ4n) is 4.73. The first kappa shape index (κ1) is 22.1. The number of thiophene rings is 1. The number of rotatable bonds is 5. The predicted octanol–water partition coefficient (Wildman–Crippen LogP) is 3.16. The summed E-state index contributed by atoms with van der Waals surface area (Å²) in [5.74, 6) is -0.155. The lowest BCUT2D eigenvalue weighted by Gasteiger charge is -2.30. The van der Waals surface area contributed by atoms with Crippen molar-refractivity contribution >= 4 is 41.9 Å². The number of aromatic nitrogens is 2. The Morgan fingerprint density at radius 1 is 1.31 bits per heavy atom. The van der Waals surface area contributed by atoms with Crippen LogP contribution in [0.3, 0.4) is 0 Å². The number of carbonyl (C=O) groups excluding carboxylic acids is 1. The molecule has 8 nitrogen and oxygen atoms in total. The van der Waals surface area contributed by atoms with Crippen LogP contribution in [0.4, 0.5) is 10.3 Å². The van der Waals surface area contributed by atoms with Crippen molar-refractivity contribution in [3.8, 4) is 10.6 Å². The van der Waals surface area contributed by atoms with Gasteiger partial charge in [0, 0.05) is 24.0 Å². The minimum Gasteiger partial charge on any atom is -0.351 e. The molecule has 4 heterocycles. The highest BCUT2D eigenvalue weighted by molar-refractivity contribution is 7.88. The van der Waals surface area contributed by atoms with Gasteiger partial charge in [0.25, 0.3) is 5.91 Å².